The molecule has 0 aliphatic heterocycles. The second-order valence-corrected chi connectivity index (χ2v) is 7.04. The number of thiazole rings is 1. The Balaban J connectivity index is 2.23. The summed E-state index contributed by atoms with van der Waals surface area (Å²) in [6.07, 6.45) is 4.84. The number of nitrogens with zero attached hydrogens (tertiary/aromatic N) is 4. The van der Waals surface area contributed by atoms with Gasteiger partial charge in [-0.2, -0.15) is 5.26 Å². The van der Waals surface area contributed by atoms with Crippen LogP contribution >= 0.6 is 11.3 Å². The molecule has 0 saturated carbocycles. The smallest absolute Gasteiger partial charge is 0.185 e. The van der Waals surface area contributed by atoms with Crippen LogP contribution in [0.25, 0.3) is 10.4 Å². The van der Waals surface area contributed by atoms with Crippen molar-refractivity contribution in [3.05, 3.63) is 23.0 Å². The number of pyridine rings is 1. The molecule has 5 nitrogen and oxygen atoms in total. The lowest BCUT2D eigenvalue weighted by molar-refractivity contribution is 0.495. The maximum absolute atomic E-state index is 9.55. The quantitative estimate of drug-likeness (QED) is 0.922. The third-order valence-electron chi connectivity index (χ3n) is 4.07. The number of rotatable bonds is 2. The van der Waals surface area contributed by atoms with Crippen LogP contribution in [0.5, 0.6) is 0 Å². The Hall–Kier alpha value is -2.13. The van der Waals surface area contributed by atoms with Crippen molar-refractivity contribution in [3.8, 4) is 16.5 Å². The summed E-state index contributed by atoms with van der Waals surface area (Å²) in [5.74, 6) is 0.940. The van der Waals surface area contributed by atoms with Gasteiger partial charge in [-0.1, -0.05) is 18.3 Å². The van der Waals surface area contributed by atoms with Crippen molar-refractivity contribution >= 4 is 22.3 Å². The highest BCUT2D eigenvalue weighted by atomic mass is 32.1. The molecule has 2 N–H and O–H groups in total. The van der Waals surface area contributed by atoms with Gasteiger partial charge in [-0.05, 0) is 30.7 Å². The van der Waals surface area contributed by atoms with Crippen LogP contribution in [0.4, 0.5) is 10.9 Å². The van der Waals surface area contributed by atoms with Gasteiger partial charge in [0, 0.05) is 31.5 Å². The first-order valence-electron chi connectivity index (χ1n) is 7.36. The Bertz CT molecular complexity index is 757. The molecule has 1 aliphatic carbocycles. The summed E-state index contributed by atoms with van der Waals surface area (Å²) < 4.78 is 0. The van der Waals surface area contributed by atoms with Crippen LogP contribution in [0.1, 0.15) is 30.2 Å². The lowest BCUT2D eigenvalue weighted by Crippen LogP contribution is -2.16. The van der Waals surface area contributed by atoms with Crippen molar-refractivity contribution in [2.75, 3.05) is 24.7 Å². The second-order valence-electron chi connectivity index (χ2n) is 6.03. The minimum atomic E-state index is 0.339. The van der Waals surface area contributed by atoms with Gasteiger partial charge >= 0.3 is 0 Å². The Morgan fingerprint density at radius 1 is 1.45 bits per heavy atom. The van der Waals surface area contributed by atoms with E-state index in [9.17, 15) is 5.26 Å². The molecule has 2 heterocycles. The monoisotopic (exact) mass is 313 g/mol. The fraction of sp³-hybridized carbons (Fsp3) is 0.438. The van der Waals surface area contributed by atoms with Crippen LogP contribution in [0.3, 0.4) is 0 Å². The highest BCUT2D eigenvalue weighted by Gasteiger charge is 2.25. The van der Waals surface area contributed by atoms with Gasteiger partial charge in [-0.25, -0.2) is 9.97 Å². The predicted molar refractivity (Wildman–Crippen MR) is 90.0 cm³/mol. The first kappa shape index (κ1) is 14.8. The van der Waals surface area contributed by atoms with Crippen LogP contribution in [0.15, 0.2) is 6.20 Å². The normalized spacial score (nSPS) is 16.9. The number of anilines is 2. The average molecular weight is 313 g/mol. The molecular formula is C16H19N5S. The zero-order valence-corrected chi connectivity index (χ0v) is 13.9. The molecule has 6 heteroatoms. The van der Waals surface area contributed by atoms with E-state index >= 15 is 0 Å². The first-order valence-corrected chi connectivity index (χ1v) is 8.17. The van der Waals surface area contributed by atoms with E-state index < -0.39 is 0 Å². The topological polar surface area (TPSA) is 78.8 Å². The molecule has 0 bridgehead atoms. The van der Waals surface area contributed by atoms with Crippen LogP contribution < -0.4 is 10.6 Å². The minimum Gasteiger partial charge on any atom is -0.383 e. The highest BCUT2D eigenvalue weighted by molar-refractivity contribution is 7.18. The van der Waals surface area contributed by atoms with E-state index in [2.05, 4.69) is 23.0 Å². The average Bonchev–Trinajstić information content (AvgIpc) is 2.96. The van der Waals surface area contributed by atoms with E-state index in [0.29, 0.717) is 17.3 Å². The fourth-order valence-corrected chi connectivity index (χ4v) is 3.84. The number of nitrogen functional groups attached to an aromatic ring is 1. The van der Waals surface area contributed by atoms with E-state index in [1.165, 1.54) is 5.56 Å². The van der Waals surface area contributed by atoms with E-state index in [-0.39, 0.29) is 0 Å². The zero-order valence-electron chi connectivity index (χ0n) is 13.1. The fourth-order valence-electron chi connectivity index (χ4n) is 2.92. The lowest BCUT2D eigenvalue weighted by Gasteiger charge is -2.24. The maximum Gasteiger partial charge on any atom is 0.185 e. The summed E-state index contributed by atoms with van der Waals surface area (Å²) in [5, 5.41) is 10.5. The van der Waals surface area contributed by atoms with Crippen LogP contribution in [0.2, 0.25) is 0 Å². The summed E-state index contributed by atoms with van der Waals surface area (Å²) in [6, 6.07) is 2.24. The molecule has 0 spiro atoms. The van der Waals surface area contributed by atoms with Crippen molar-refractivity contribution in [2.24, 2.45) is 5.92 Å². The molecule has 0 fully saturated rings. The summed E-state index contributed by atoms with van der Waals surface area (Å²) in [7, 11) is 3.93. The number of hydrogen-bond donors (Lipinski definition) is 1. The molecule has 0 saturated heterocycles. The van der Waals surface area contributed by atoms with E-state index in [1.807, 2.05) is 25.2 Å². The molecule has 0 aromatic carbocycles. The molecular weight excluding hydrogens is 294 g/mol. The Kier molecular flexibility index (Phi) is 3.75. The largest absolute Gasteiger partial charge is 0.383 e. The van der Waals surface area contributed by atoms with E-state index in [0.717, 1.165) is 40.5 Å². The molecule has 0 amide bonds. The molecule has 1 atom stereocenters. The summed E-state index contributed by atoms with van der Waals surface area (Å²) in [5.41, 5.74) is 9.69. The molecule has 1 aliphatic rings. The van der Waals surface area contributed by atoms with Crippen molar-refractivity contribution in [1.29, 1.82) is 5.26 Å². The Morgan fingerprint density at radius 3 is 2.86 bits per heavy atom. The van der Waals surface area contributed by atoms with Crippen molar-refractivity contribution in [3.63, 3.8) is 0 Å². The van der Waals surface area contributed by atoms with E-state index in [1.54, 1.807) is 11.3 Å². The Morgan fingerprint density at radius 2 is 2.23 bits per heavy atom. The first-order chi connectivity index (χ1) is 10.5. The van der Waals surface area contributed by atoms with Crippen molar-refractivity contribution in [2.45, 2.75) is 26.2 Å². The van der Waals surface area contributed by atoms with Gasteiger partial charge in [0.1, 0.15) is 17.5 Å². The third-order valence-corrected chi connectivity index (χ3v) is 5.26. The Labute approximate surface area is 134 Å². The molecule has 0 radical (unpaired) electrons. The standard InChI is InChI=1S/C16H19N5S/c1-9-4-5-12-10(6-9)14(11(7-17)15(18)20-12)13-8-19-16(22-13)21(2)3/h8-9H,4-6H2,1-3H3,(H2,18,20). The minimum absolute atomic E-state index is 0.339. The van der Waals surface area contributed by atoms with Crippen LogP contribution in [-0.2, 0) is 12.8 Å². The van der Waals surface area contributed by atoms with Gasteiger partial charge in [-0.15, -0.1) is 0 Å². The number of aromatic nitrogens is 2. The summed E-state index contributed by atoms with van der Waals surface area (Å²) in [6.45, 7) is 2.24. The van der Waals surface area contributed by atoms with Crippen molar-refractivity contribution < 1.29 is 0 Å². The van der Waals surface area contributed by atoms with Crippen LogP contribution in [0, 0.1) is 17.2 Å². The number of aryl methyl sites for hydroxylation is 1. The molecule has 114 valence electrons. The molecule has 2 aromatic heterocycles. The van der Waals surface area contributed by atoms with Gasteiger partial charge in [0.25, 0.3) is 0 Å². The number of fused-ring (bicyclic) bond motifs is 1. The third kappa shape index (κ3) is 2.42. The number of nitriles is 1. The second kappa shape index (κ2) is 5.58. The SMILES string of the molecule is CC1CCc2nc(N)c(C#N)c(-c3cnc(N(C)C)s3)c2C1. The van der Waals surface area contributed by atoms with Gasteiger partial charge in [0.05, 0.1) is 4.88 Å². The van der Waals surface area contributed by atoms with Crippen LogP contribution in [-0.4, -0.2) is 24.1 Å². The highest BCUT2D eigenvalue weighted by Crippen LogP contribution is 2.40. The number of nitrogens with two attached hydrogens (primary N) is 1. The number of hydrogen-bond acceptors (Lipinski definition) is 6. The summed E-state index contributed by atoms with van der Waals surface area (Å²) in [4.78, 5) is 11.9. The van der Waals surface area contributed by atoms with Gasteiger partial charge < -0.3 is 10.6 Å². The molecule has 3 rings (SSSR count). The molecule has 1 unspecified atom stereocenters. The lowest BCUT2D eigenvalue weighted by atomic mass is 9.84. The van der Waals surface area contributed by atoms with Crippen molar-refractivity contribution in [1.82, 2.24) is 9.97 Å². The maximum atomic E-state index is 9.55. The zero-order chi connectivity index (χ0) is 15.9. The molecule has 22 heavy (non-hydrogen) atoms. The molecule has 2 aromatic rings. The van der Waals surface area contributed by atoms with Gasteiger partial charge in [0.2, 0.25) is 0 Å². The predicted octanol–water partition coefficient (Wildman–Crippen LogP) is 2.85. The van der Waals surface area contributed by atoms with Gasteiger partial charge in [-0.3, -0.25) is 0 Å². The van der Waals surface area contributed by atoms with Gasteiger partial charge in [0.15, 0.2) is 5.13 Å². The summed E-state index contributed by atoms with van der Waals surface area (Å²) >= 11 is 1.59. The van der Waals surface area contributed by atoms with E-state index in [4.69, 9.17) is 5.73 Å².